The van der Waals surface area contributed by atoms with Gasteiger partial charge in [-0.15, -0.1) is 0 Å². The van der Waals surface area contributed by atoms with Crippen LogP contribution in [0.3, 0.4) is 0 Å². The van der Waals surface area contributed by atoms with Crippen LogP contribution in [-0.4, -0.2) is 67.7 Å². The molecule has 1 saturated heterocycles. The third-order valence-corrected chi connectivity index (χ3v) is 5.58. The second kappa shape index (κ2) is 6.42. The summed E-state index contributed by atoms with van der Waals surface area (Å²) in [7, 11) is 5.87. The summed E-state index contributed by atoms with van der Waals surface area (Å²) in [5.41, 5.74) is 2.29. The van der Waals surface area contributed by atoms with E-state index in [1.165, 1.54) is 5.56 Å². The molecule has 0 bridgehead atoms. The maximum atomic E-state index is 12.7. The van der Waals surface area contributed by atoms with Crippen LogP contribution in [0.5, 0.6) is 0 Å². The molecule has 0 aliphatic carbocycles. The number of nitrogens with zero attached hydrogens (tertiary/aromatic N) is 3. The number of fused-ring (bicyclic) bond motifs is 3. The summed E-state index contributed by atoms with van der Waals surface area (Å²) >= 11 is 3.56. The number of benzene rings is 1. The number of anilines is 1. The molecule has 2 aliphatic rings. The number of rotatable bonds is 3. The van der Waals surface area contributed by atoms with Crippen molar-refractivity contribution in [3.8, 4) is 0 Å². The van der Waals surface area contributed by atoms with Gasteiger partial charge in [0.25, 0.3) is 0 Å². The number of amides is 1. The summed E-state index contributed by atoms with van der Waals surface area (Å²) in [4.78, 5) is 18.8. The Morgan fingerprint density at radius 1 is 1.43 bits per heavy atom. The lowest BCUT2D eigenvalue weighted by atomic mass is 9.82. The fourth-order valence-electron chi connectivity index (χ4n) is 4.07. The lowest BCUT2D eigenvalue weighted by Gasteiger charge is -2.44. The number of likely N-dealkylation sites (tertiary alicyclic amines) is 1. The predicted molar refractivity (Wildman–Crippen MR) is 94.5 cm³/mol. The van der Waals surface area contributed by atoms with E-state index in [2.05, 4.69) is 33.0 Å². The second-order valence-corrected chi connectivity index (χ2v) is 7.70. The summed E-state index contributed by atoms with van der Waals surface area (Å²) in [6.07, 6.45) is 0.936. The summed E-state index contributed by atoms with van der Waals surface area (Å²) < 4.78 is 1.03. The molecule has 1 aromatic carbocycles. The van der Waals surface area contributed by atoms with Crippen LogP contribution >= 0.6 is 15.9 Å². The van der Waals surface area contributed by atoms with E-state index < -0.39 is 0 Å². The fourth-order valence-corrected chi connectivity index (χ4v) is 4.44. The number of aliphatic hydroxyl groups excluding tert-OH is 1. The molecule has 2 heterocycles. The Morgan fingerprint density at radius 2 is 2.17 bits per heavy atom. The van der Waals surface area contributed by atoms with E-state index in [1.807, 2.05) is 37.0 Å². The highest BCUT2D eigenvalue weighted by molar-refractivity contribution is 9.10. The molecule has 1 fully saturated rings. The summed E-state index contributed by atoms with van der Waals surface area (Å²) in [6.45, 7) is 1.30. The second-order valence-electron chi connectivity index (χ2n) is 6.79. The van der Waals surface area contributed by atoms with E-state index in [1.54, 1.807) is 0 Å². The van der Waals surface area contributed by atoms with Crippen molar-refractivity contribution >= 4 is 27.5 Å². The lowest BCUT2D eigenvalue weighted by molar-refractivity contribution is -0.133. The summed E-state index contributed by atoms with van der Waals surface area (Å²) in [6, 6.07) is 6.34. The summed E-state index contributed by atoms with van der Waals surface area (Å²) in [5.74, 6) is 0.438. The Bertz CT molecular complexity index is 608. The molecule has 1 amide bonds. The Balaban J connectivity index is 2.02. The molecule has 2 aliphatic heterocycles. The van der Waals surface area contributed by atoms with Gasteiger partial charge in [-0.3, -0.25) is 4.79 Å². The van der Waals surface area contributed by atoms with Crippen molar-refractivity contribution in [1.82, 2.24) is 9.80 Å². The molecule has 1 aromatic rings. The van der Waals surface area contributed by atoms with Gasteiger partial charge < -0.3 is 19.8 Å². The van der Waals surface area contributed by atoms with E-state index in [-0.39, 0.29) is 30.5 Å². The molecular formula is C17H24BrN3O2. The molecule has 6 heteroatoms. The summed E-state index contributed by atoms with van der Waals surface area (Å²) in [5, 5.41) is 9.90. The van der Waals surface area contributed by atoms with Crippen molar-refractivity contribution < 1.29 is 9.90 Å². The van der Waals surface area contributed by atoms with Crippen molar-refractivity contribution in [2.75, 3.05) is 45.7 Å². The van der Waals surface area contributed by atoms with Crippen LogP contribution in [0, 0.1) is 5.92 Å². The molecule has 126 valence electrons. The Kier molecular flexibility index (Phi) is 4.67. The average molecular weight is 382 g/mol. The molecule has 3 atom stereocenters. The first-order valence-electron chi connectivity index (χ1n) is 8.01. The Labute approximate surface area is 146 Å². The highest BCUT2D eigenvalue weighted by Gasteiger charge is 2.47. The van der Waals surface area contributed by atoms with Crippen LogP contribution in [-0.2, 0) is 4.79 Å². The van der Waals surface area contributed by atoms with Gasteiger partial charge in [-0.25, -0.2) is 0 Å². The van der Waals surface area contributed by atoms with Gasteiger partial charge in [0.1, 0.15) is 0 Å². The third-order valence-electron chi connectivity index (χ3n) is 5.08. The van der Waals surface area contributed by atoms with Gasteiger partial charge in [0.2, 0.25) is 5.91 Å². The van der Waals surface area contributed by atoms with Crippen LogP contribution in [0.4, 0.5) is 5.69 Å². The zero-order valence-corrected chi connectivity index (χ0v) is 15.5. The van der Waals surface area contributed by atoms with Crippen molar-refractivity contribution in [1.29, 1.82) is 0 Å². The fraction of sp³-hybridized carbons (Fsp3) is 0.588. The average Bonchev–Trinajstić information content (AvgIpc) is 2.92. The van der Waals surface area contributed by atoms with Crippen molar-refractivity contribution in [2.24, 2.45) is 5.92 Å². The number of aliphatic hydroxyl groups is 1. The maximum absolute atomic E-state index is 12.7. The molecule has 5 nitrogen and oxygen atoms in total. The number of carbonyl (C=O) groups excluding carboxylic acids is 1. The van der Waals surface area contributed by atoms with E-state index >= 15 is 0 Å². The topological polar surface area (TPSA) is 47.0 Å². The monoisotopic (exact) mass is 381 g/mol. The van der Waals surface area contributed by atoms with Gasteiger partial charge in [-0.2, -0.15) is 0 Å². The Hall–Kier alpha value is -1.11. The molecule has 3 rings (SSSR count). The van der Waals surface area contributed by atoms with Crippen LogP contribution in [0.15, 0.2) is 22.7 Å². The zero-order valence-electron chi connectivity index (χ0n) is 13.9. The van der Waals surface area contributed by atoms with E-state index in [4.69, 9.17) is 0 Å². The van der Waals surface area contributed by atoms with E-state index in [9.17, 15) is 9.90 Å². The lowest BCUT2D eigenvalue weighted by Crippen LogP contribution is -2.49. The van der Waals surface area contributed by atoms with Gasteiger partial charge in [0.05, 0.1) is 25.2 Å². The molecule has 0 unspecified atom stereocenters. The SMILES string of the molecule is CN(C)CC(=O)N1CC[C@@H]2[C@H]1c1cc(Br)ccc1N(C)[C@@H]2CO. The molecule has 23 heavy (non-hydrogen) atoms. The normalized spacial score (nSPS) is 26.4. The predicted octanol–water partition coefficient (Wildman–Crippen LogP) is 1.71. The van der Waals surface area contributed by atoms with Crippen molar-refractivity contribution in [2.45, 2.75) is 18.5 Å². The van der Waals surface area contributed by atoms with Gasteiger partial charge in [0.15, 0.2) is 0 Å². The highest BCUT2D eigenvalue weighted by Crippen LogP contribution is 2.49. The maximum Gasteiger partial charge on any atom is 0.237 e. The number of halogens is 1. The number of likely N-dealkylation sites (N-methyl/N-ethyl adjacent to an activating group) is 2. The minimum Gasteiger partial charge on any atom is -0.394 e. The minimum absolute atomic E-state index is 0.0586. The smallest absolute Gasteiger partial charge is 0.237 e. The van der Waals surface area contributed by atoms with E-state index in [0.717, 1.165) is 23.1 Å². The number of hydrogen-bond acceptors (Lipinski definition) is 4. The number of carbonyl (C=O) groups is 1. The van der Waals surface area contributed by atoms with Crippen LogP contribution in [0.1, 0.15) is 18.0 Å². The first-order valence-corrected chi connectivity index (χ1v) is 8.80. The highest BCUT2D eigenvalue weighted by atomic mass is 79.9. The first-order chi connectivity index (χ1) is 10.9. The largest absolute Gasteiger partial charge is 0.394 e. The standard InChI is InChI=1S/C17H24BrN3O2/c1-19(2)9-16(23)21-7-6-12-15(10-22)20(3)14-5-4-11(18)8-13(14)17(12)21/h4-5,8,12,15,17,22H,6-7,9-10H2,1-3H3/t12-,15+,17-/m0/s1. The quantitative estimate of drug-likeness (QED) is 0.865. The molecule has 0 radical (unpaired) electrons. The molecular weight excluding hydrogens is 358 g/mol. The molecule has 0 aromatic heterocycles. The van der Waals surface area contributed by atoms with Gasteiger partial charge in [-0.1, -0.05) is 15.9 Å². The molecule has 1 N–H and O–H groups in total. The van der Waals surface area contributed by atoms with Gasteiger partial charge >= 0.3 is 0 Å². The van der Waals surface area contributed by atoms with Crippen LogP contribution in [0.2, 0.25) is 0 Å². The first kappa shape index (κ1) is 16.7. The molecule has 0 spiro atoms. The van der Waals surface area contributed by atoms with Crippen LogP contribution in [0.25, 0.3) is 0 Å². The van der Waals surface area contributed by atoms with Crippen molar-refractivity contribution in [3.05, 3.63) is 28.2 Å². The van der Waals surface area contributed by atoms with Crippen LogP contribution < -0.4 is 4.90 Å². The zero-order chi connectivity index (χ0) is 16.7. The van der Waals surface area contributed by atoms with E-state index in [0.29, 0.717) is 6.54 Å². The number of hydrogen-bond donors (Lipinski definition) is 1. The van der Waals surface area contributed by atoms with Crippen molar-refractivity contribution in [3.63, 3.8) is 0 Å². The minimum atomic E-state index is 0.0586. The van der Waals surface area contributed by atoms with Gasteiger partial charge in [0, 0.05) is 29.7 Å². The van der Waals surface area contributed by atoms with Gasteiger partial charge in [-0.05, 0) is 44.3 Å². The third kappa shape index (κ3) is 2.88. The molecule has 0 saturated carbocycles. The Morgan fingerprint density at radius 3 is 2.83 bits per heavy atom.